The summed E-state index contributed by atoms with van der Waals surface area (Å²) in [5, 5.41) is 4.64. The summed E-state index contributed by atoms with van der Waals surface area (Å²) in [6, 6.07) is 0. The number of aromatic nitrogens is 2. The summed E-state index contributed by atoms with van der Waals surface area (Å²) in [7, 11) is 0. The number of rotatable bonds is 9. The van der Waals surface area contributed by atoms with Gasteiger partial charge in [0.1, 0.15) is 0 Å². The lowest BCUT2D eigenvalue weighted by Crippen LogP contribution is -2.25. The molecule has 19 heavy (non-hydrogen) atoms. The Bertz CT molecular complexity index is 375. The van der Waals surface area contributed by atoms with Crippen LogP contribution in [0.25, 0.3) is 0 Å². The Labute approximate surface area is 130 Å². The van der Waals surface area contributed by atoms with E-state index in [2.05, 4.69) is 58.3 Å². The van der Waals surface area contributed by atoms with Crippen molar-refractivity contribution < 1.29 is 0 Å². The second kappa shape index (κ2) is 9.03. The molecule has 0 aromatic carbocycles. The maximum atomic E-state index is 4.64. The first-order valence-electron chi connectivity index (χ1n) is 7.21. The van der Waals surface area contributed by atoms with Crippen LogP contribution in [0.2, 0.25) is 0 Å². The number of aryl methyl sites for hydroxylation is 2. The normalized spacial score (nSPS) is 11.5. The SMILES string of the molecule is CCc1nn(CC)c(CSCCN(CC)CC)c1Br. The summed E-state index contributed by atoms with van der Waals surface area (Å²) in [6.07, 6.45) is 0.991. The summed E-state index contributed by atoms with van der Waals surface area (Å²) >= 11 is 5.70. The summed E-state index contributed by atoms with van der Waals surface area (Å²) in [5.41, 5.74) is 2.52. The smallest absolute Gasteiger partial charge is 0.0767 e. The van der Waals surface area contributed by atoms with E-state index in [0.717, 1.165) is 31.8 Å². The molecule has 0 spiro atoms. The van der Waals surface area contributed by atoms with Crippen molar-refractivity contribution in [3.05, 3.63) is 15.9 Å². The highest BCUT2D eigenvalue weighted by Gasteiger charge is 2.13. The molecule has 0 aliphatic rings. The van der Waals surface area contributed by atoms with Crippen molar-refractivity contribution in [2.24, 2.45) is 0 Å². The molecule has 5 heteroatoms. The average molecular weight is 348 g/mol. The lowest BCUT2D eigenvalue weighted by molar-refractivity contribution is 0.324. The Morgan fingerprint density at radius 2 is 1.89 bits per heavy atom. The van der Waals surface area contributed by atoms with Crippen molar-refractivity contribution >= 4 is 27.7 Å². The van der Waals surface area contributed by atoms with Crippen LogP contribution in [0, 0.1) is 0 Å². The van der Waals surface area contributed by atoms with E-state index in [9.17, 15) is 0 Å². The number of halogens is 1. The van der Waals surface area contributed by atoms with E-state index >= 15 is 0 Å². The fraction of sp³-hybridized carbons (Fsp3) is 0.786. The second-order valence-corrected chi connectivity index (χ2v) is 6.35. The lowest BCUT2D eigenvalue weighted by atomic mass is 10.3. The molecule has 1 rings (SSSR count). The zero-order valence-electron chi connectivity index (χ0n) is 12.6. The molecule has 0 unspecified atom stereocenters. The third-order valence-electron chi connectivity index (χ3n) is 3.38. The third kappa shape index (κ3) is 4.80. The van der Waals surface area contributed by atoms with E-state index in [-0.39, 0.29) is 0 Å². The van der Waals surface area contributed by atoms with Gasteiger partial charge in [-0.15, -0.1) is 0 Å². The van der Waals surface area contributed by atoms with Gasteiger partial charge in [-0.2, -0.15) is 16.9 Å². The standard InChI is InChI=1S/C14H26BrN3S/c1-5-12-14(15)13(18(8-4)16-12)11-19-10-9-17(6-2)7-3/h5-11H2,1-4H3. The van der Waals surface area contributed by atoms with Crippen LogP contribution in [-0.4, -0.2) is 40.1 Å². The lowest BCUT2D eigenvalue weighted by Gasteiger charge is -2.17. The van der Waals surface area contributed by atoms with Gasteiger partial charge >= 0.3 is 0 Å². The second-order valence-electron chi connectivity index (χ2n) is 4.46. The maximum absolute atomic E-state index is 4.64. The van der Waals surface area contributed by atoms with Gasteiger partial charge in [-0.05, 0) is 42.4 Å². The minimum Gasteiger partial charge on any atom is -0.303 e. The van der Waals surface area contributed by atoms with Gasteiger partial charge in [-0.25, -0.2) is 0 Å². The molecule has 3 nitrogen and oxygen atoms in total. The Hall–Kier alpha value is -0.0000000000000000555. The quantitative estimate of drug-likeness (QED) is 0.634. The zero-order chi connectivity index (χ0) is 14.3. The molecule has 0 saturated carbocycles. The zero-order valence-corrected chi connectivity index (χ0v) is 15.0. The van der Waals surface area contributed by atoms with E-state index in [1.807, 2.05) is 11.8 Å². The van der Waals surface area contributed by atoms with Gasteiger partial charge in [0.25, 0.3) is 0 Å². The topological polar surface area (TPSA) is 21.1 Å². The van der Waals surface area contributed by atoms with E-state index < -0.39 is 0 Å². The van der Waals surface area contributed by atoms with E-state index in [1.165, 1.54) is 28.2 Å². The molecular weight excluding hydrogens is 322 g/mol. The Morgan fingerprint density at radius 1 is 1.21 bits per heavy atom. The monoisotopic (exact) mass is 347 g/mol. The molecule has 0 saturated heterocycles. The number of hydrogen-bond acceptors (Lipinski definition) is 3. The van der Waals surface area contributed by atoms with Gasteiger partial charge in [0.05, 0.1) is 15.9 Å². The molecular formula is C14H26BrN3S. The van der Waals surface area contributed by atoms with Gasteiger partial charge in [0.2, 0.25) is 0 Å². The molecule has 1 aromatic heterocycles. The van der Waals surface area contributed by atoms with Crippen molar-refractivity contribution in [2.45, 2.75) is 46.4 Å². The Kier molecular flexibility index (Phi) is 8.11. The van der Waals surface area contributed by atoms with Crippen LogP contribution >= 0.6 is 27.7 Å². The highest BCUT2D eigenvalue weighted by Crippen LogP contribution is 2.26. The summed E-state index contributed by atoms with van der Waals surface area (Å²) < 4.78 is 3.35. The number of thioether (sulfide) groups is 1. The van der Waals surface area contributed by atoms with E-state index in [0.29, 0.717) is 0 Å². The Balaban J connectivity index is 2.51. The minimum atomic E-state index is 0.949. The van der Waals surface area contributed by atoms with Gasteiger partial charge in [0, 0.05) is 24.6 Å². The van der Waals surface area contributed by atoms with Gasteiger partial charge in [-0.1, -0.05) is 20.8 Å². The van der Waals surface area contributed by atoms with Gasteiger partial charge in [0.15, 0.2) is 0 Å². The van der Waals surface area contributed by atoms with E-state index in [4.69, 9.17) is 0 Å². The van der Waals surface area contributed by atoms with Gasteiger partial charge in [-0.3, -0.25) is 4.68 Å². The molecule has 0 aliphatic carbocycles. The molecule has 0 aliphatic heterocycles. The van der Waals surface area contributed by atoms with E-state index in [1.54, 1.807) is 0 Å². The van der Waals surface area contributed by atoms with Crippen molar-refractivity contribution in [1.82, 2.24) is 14.7 Å². The molecule has 0 fully saturated rings. The van der Waals surface area contributed by atoms with Crippen molar-refractivity contribution in [2.75, 3.05) is 25.4 Å². The van der Waals surface area contributed by atoms with Crippen LogP contribution in [0.1, 0.15) is 39.1 Å². The maximum Gasteiger partial charge on any atom is 0.0767 e. The van der Waals surface area contributed by atoms with Gasteiger partial charge < -0.3 is 4.90 Å². The number of hydrogen-bond donors (Lipinski definition) is 0. The largest absolute Gasteiger partial charge is 0.303 e. The predicted octanol–water partition coefficient (Wildman–Crippen LogP) is 3.80. The fourth-order valence-electron chi connectivity index (χ4n) is 2.06. The first-order chi connectivity index (χ1) is 9.17. The first kappa shape index (κ1) is 17.1. The third-order valence-corrected chi connectivity index (χ3v) is 5.24. The van der Waals surface area contributed by atoms with Crippen LogP contribution in [0.15, 0.2) is 4.47 Å². The highest BCUT2D eigenvalue weighted by atomic mass is 79.9. The van der Waals surface area contributed by atoms with Crippen molar-refractivity contribution in [3.63, 3.8) is 0 Å². The molecule has 0 radical (unpaired) electrons. The van der Waals surface area contributed by atoms with Crippen LogP contribution in [0.3, 0.4) is 0 Å². The Morgan fingerprint density at radius 3 is 2.42 bits per heavy atom. The van der Waals surface area contributed by atoms with Crippen molar-refractivity contribution in [3.8, 4) is 0 Å². The van der Waals surface area contributed by atoms with Crippen LogP contribution in [0.5, 0.6) is 0 Å². The van der Waals surface area contributed by atoms with Crippen molar-refractivity contribution in [1.29, 1.82) is 0 Å². The molecule has 0 amide bonds. The molecule has 1 aromatic rings. The number of nitrogens with zero attached hydrogens (tertiary/aromatic N) is 3. The van der Waals surface area contributed by atoms with Crippen LogP contribution in [-0.2, 0) is 18.7 Å². The average Bonchev–Trinajstić information content (AvgIpc) is 2.75. The highest BCUT2D eigenvalue weighted by molar-refractivity contribution is 9.10. The molecule has 0 bridgehead atoms. The van der Waals surface area contributed by atoms with Crippen LogP contribution < -0.4 is 0 Å². The predicted molar refractivity (Wildman–Crippen MR) is 88.9 cm³/mol. The minimum absolute atomic E-state index is 0.949. The first-order valence-corrected chi connectivity index (χ1v) is 9.16. The molecule has 1 heterocycles. The van der Waals surface area contributed by atoms with Crippen LogP contribution in [0.4, 0.5) is 0 Å². The molecule has 0 N–H and O–H groups in total. The summed E-state index contributed by atoms with van der Waals surface area (Å²) in [6.45, 7) is 13.2. The molecule has 0 atom stereocenters. The molecule has 110 valence electrons. The fourth-order valence-corrected chi connectivity index (χ4v) is 3.97. The summed E-state index contributed by atoms with van der Waals surface area (Å²) in [4.78, 5) is 2.47. The summed E-state index contributed by atoms with van der Waals surface area (Å²) in [5.74, 6) is 2.23.